The first kappa shape index (κ1) is 20.2. The molecule has 0 spiro atoms. The van der Waals surface area contributed by atoms with Gasteiger partial charge in [0.05, 0.1) is 11.0 Å². The summed E-state index contributed by atoms with van der Waals surface area (Å²) in [6.45, 7) is 1.73. The highest BCUT2D eigenvalue weighted by molar-refractivity contribution is 14.0. The molecule has 0 aliphatic heterocycles. The van der Waals surface area contributed by atoms with Gasteiger partial charge in [-0.25, -0.2) is 4.98 Å². The Balaban J connectivity index is 0.00000243. The first-order valence-corrected chi connectivity index (χ1v) is 8.77. The number of hydrogen-bond acceptors (Lipinski definition) is 2. The van der Waals surface area contributed by atoms with E-state index in [1.165, 1.54) is 5.56 Å². The lowest BCUT2D eigenvalue weighted by atomic mass is 10.1. The quantitative estimate of drug-likeness (QED) is 0.218. The monoisotopic (exact) mass is 463 g/mol. The second-order valence-corrected chi connectivity index (χ2v) is 5.97. The highest BCUT2D eigenvalue weighted by Gasteiger charge is 2.02. The van der Waals surface area contributed by atoms with Crippen LogP contribution in [0.2, 0.25) is 0 Å². The van der Waals surface area contributed by atoms with Gasteiger partial charge in [-0.2, -0.15) is 0 Å². The van der Waals surface area contributed by atoms with Crippen molar-refractivity contribution < 1.29 is 0 Å². The number of aryl methyl sites for hydroxylation is 1. The van der Waals surface area contributed by atoms with Crippen LogP contribution >= 0.6 is 24.0 Å². The molecule has 0 fully saturated rings. The standard InChI is InChI=1S/C20H25N5.HI/c1-21-20(23-15-13-16-8-3-2-4-9-16)22-14-7-12-19-24-17-10-5-6-11-18(17)25-19;/h2-6,8-11H,7,12-15H2,1H3,(H,24,25)(H2,21,22,23);1H. The Hall–Kier alpha value is -2.09. The molecule has 5 nitrogen and oxygen atoms in total. The van der Waals surface area contributed by atoms with Gasteiger partial charge in [0.25, 0.3) is 0 Å². The van der Waals surface area contributed by atoms with Crippen molar-refractivity contribution in [2.45, 2.75) is 19.3 Å². The number of hydrogen-bond donors (Lipinski definition) is 3. The number of para-hydroxylation sites is 2. The zero-order valence-electron chi connectivity index (χ0n) is 15.0. The number of aromatic nitrogens is 2. The number of nitrogens with zero attached hydrogens (tertiary/aromatic N) is 2. The first-order valence-electron chi connectivity index (χ1n) is 8.77. The number of H-pyrrole nitrogens is 1. The summed E-state index contributed by atoms with van der Waals surface area (Å²) < 4.78 is 0. The van der Waals surface area contributed by atoms with Crippen molar-refractivity contribution in [2.75, 3.05) is 20.1 Å². The van der Waals surface area contributed by atoms with Gasteiger partial charge in [-0.05, 0) is 30.5 Å². The number of guanidine groups is 1. The van der Waals surface area contributed by atoms with Crippen molar-refractivity contribution in [3.05, 3.63) is 66.0 Å². The number of aliphatic imine (C=N–C) groups is 1. The second-order valence-electron chi connectivity index (χ2n) is 5.97. The van der Waals surface area contributed by atoms with Crippen LogP contribution in [0.3, 0.4) is 0 Å². The number of benzene rings is 2. The maximum Gasteiger partial charge on any atom is 0.190 e. The molecule has 0 aliphatic rings. The van der Waals surface area contributed by atoms with Crippen LogP contribution in [0.15, 0.2) is 59.6 Å². The van der Waals surface area contributed by atoms with Gasteiger partial charge in [-0.1, -0.05) is 42.5 Å². The predicted molar refractivity (Wildman–Crippen MR) is 119 cm³/mol. The van der Waals surface area contributed by atoms with Crippen molar-refractivity contribution in [3.63, 3.8) is 0 Å². The van der Waals surface area contributed by atoms with Crippen molar-refractivity contribution in [1.82, 2.24) is 20.6 Å². The lowest BCUT2D eigenvalue weighted by Gasteiger charge is -2.11. The van der Waals surface area contributed by atoms with E-state index in [0.717, 1.165) is 55.2 Å². The number of imidazole rings is 1. The van der Waals surface area contributed by atoms with E-state index in [4.69, 9.17) is 0 Å². The molecule has 0 saturated carbocycles. The molecule has 1 aromatic heterocycles. The summed E-state index contributed by atoms with van der Waals surface area (Å²) in [5.74, 6) is 1.88. The fourth-order valence-corrected chi connectivity index (χ4v) is 2.78. The summed E-state index contributed by atoms with van der Waals surface area (Å²) >= 11 is 0. The second kappa shape index (κ2) is 10.8. The fourth-order valence-electron chi connectivity index (χ4n) is 2.78. The molecule has 2 aromatic carbocycles. The van der Waals surface area contributed by atoms with E-state index in [0.29, 0.717) is 0 Å². The first-order chi connectivity index (χ1) is 12.3. The van der Waals surface area contributed by atoms with Crippen LogP contribution in [0, 0.1) is 0 Å². The van der Waals surface area contributed by atoms with E-state index in [2.05, 4.69) is 55.9 Å². The lowest BCUT2D eigenvalue weighted by Crippen LogP contribution is -2.38. The molecule has 26 heavy (non-hydrogen) atoms. The van der Waals surface area contributed by atoms with Gasteiger partial charge in [0.15, 0.2) is 5.96 Å². The van der Waals surface area contributed by atoms with Crippen LogP contribution in [0.25, 0.3) is 11.0 Å². The van der Waals surface area contributed by atoms with Crippen molar-refractivity contribution in [1.29, 1.82) is 0 Å². The molecular weight excluding hydrogens is 437 g/mol. The molecule has 1 heterocycles. The molecule has 0 amide bonds. The van der Waals surface area contributed by atoms with Gasteiger partial charge < -0.3 is 15.6 Å². The molecule has 0 saturated heterocycles. The Morgan fingerprint density at radius 2 is 1.69 bits per heavy atom. The van der Waals surface area contributed by atoms with E-state index < -0.39 is 0 Å². The Labute approximate surface area is 171 Å². The number of halogens is 1. The van der Waals surface area contributed by atoms with Crippen LogP contribution in [0.5, 0.6) is 0 Å². The molecule has 3 aromatic rings. The minimum absolute atomic E-state index is 0. The Morgan fingerprint density at radius 3 is 2.46 bits per heavy atom. The molecule has 3 N–H and O–H groups in total. The van der Waals surface area contributed by atoms with Gasteiger partial charge in [0, 0.05) is 26.6 Å². The fraction of sp³-hybridized carbons (Fsp3) is 0.300. The zero-order valence-corrected chi connectivity index (χ0v) is 17.4. The minimum Gasteiger partial charge on any atom is -0.356 e. The third-order valence-corrected chi connectivity index (χ3v) is 4.09. The average Bonchev–Trinajstić information content (AvgIpc) is 3.07. The molecule has 0 unspecified atom stereocenters. The van der Waals surface area contributed by atoms with Gasteiger partial charge in [-0.15, -0.1) is 24.0 Å². The van der Waals surface area contributed by atoms with E-state index >= 15 is 0 Å². The van der Waals surface area contributed by atoms with E-state index in [1.807, 2.05) is 24.3 Å². The Morgan fingerprint density at radius 1 is 0.962 bits per heavy atom. The van der Waals surface area contributed by atoms with Gasteiger partial charge in [-0.3, -0.25) is 4.99 Å². The molecule has 0 aliphatic carbocycles. The summed E-state index contributed by atoms with van der Waals surface area (Å²) in [5, 5.41) is 6.71. The van der Waals surface area contributed by atoms with E-state index in [9.17, 15) is 0 Å². The van der Waals surface area contributed by atoms with Crippen LogP contribution in [0.4, 0.5) is 0 Å². The summed E-state index contributed by atoms with van der Waals surface area (Å²) in [7, 11) is 1.80. The van der Waals surface area contributed by atoms with Gasteiger partial charge in [0.2, 0.25) is 0 Å². The summed E-state index contributed by atoms with van der Waals surface area (Å²) in [6.07, 6.45) is 2.91. The largest absolute Gasteiger partial charge is 0.356 e. The number of fused-ring (bicyclic) bond motifs is 1. The molecule has 0 atom stereocenters. The summed E-state index contributed by atoms with van der Waals surface area (Å²) in [5.41, 5.74) is 3.46. The van der Waals surface area contributed by atoms with Crippen molar-refractivity contribution in [2.24, 2.45) is 4.99 Å². The van der Waals surface area contributed by atoms with Gasteiger partial charge >= 0.3 is 0 Å². The lowest BCUT2D eigenvalue weighted by molar-refractivity contribution is 0.724. The number of nitrogens with one attached hydrogen (secondary N) is 3. The Bertz CT molecular complexity index is 780. The normalized spacial score (nSPS) is 11.2. The predicted octanol–water partition coefficient (Wildman–Crippen LogP) is 3.52. The molecular formula is C20H26IN5. The highest BCUT2D eigenvalue weighted by Crippen LogP contribution is 2.11. The van der Waals surface area contributed by atoms with E-state index in [1.54, 1.807) is 7.05 Å². The van der Waals surface area contributed by atoms with Gasteiger partial charge in [0.1, 0.15) is 5.82 Å². The minimum atomic E-state index is 0. The zero-order chi connectivity index (χ0) is 17.3. The molecule has 0 bridgehead atoms. The Kier molecular flexibility index (Phi) is 8.40. The number of rotatable bonds is 7. The third-order valence-electron chi connectivity index (χ3n) is 4.09. The van der Waals surface area contributed by atoms with Crippen LogP contribution in [-0.2, 0) is 12.8 Å². The third kappa shape index (κ3) is 6.01. The van der Waals surface area contributed by atoms with Crippen LogP contribution < -0.4 is 10.6 Å². The molecule has 138 valence electrons. The molecule has 6 heteroatoms. The highest BCUT2D eigenvalue weighted by atomic mass is 127. The molecule has 3 rings (SSSR count). The number of aromatic amines is 1. The SMILES string of the molecule is CN=C(NCCCc1nc2ccccc2[nH]1)NCCc1ccccc1.I. The topological polar surface area (TPSA) is 65.1 Å². The maximum absolute atomic E-state index is 4.60. The average molecular weight is 463 g/mol. The van der Waals surface area contributed by atoms with Crippen molar-refractivity contribution >= 4 is 41.0 Å². The summed E-state index contributed by atoms with van der Waals surface area (Å²) in [4.78, 5) is 12.2. The van der Waals surface area contributed by atoms with Crippen LogP contribution in [0.1, 0.15) is 17.8 Å². The van der Waals surface area contributed by atoms with Crippen molar-refractivity contribution in [3.8, 4) is 0 Å². The maximum atomic E-state index is 4.60. The smallest absolute Gasteiger partial charge is 0.190 e. The van der Waals surface area contributed by atoms with E-state index in [-0.39, 0.29) is 24.0 Å². The summed E-state index contributed by atoms with van der Waals surface area (Å²) in [6, 6.07) is 18.6. The van der Waals surface area contributed by atoms with Crippen LogP contribution in [-0.4, -0.2) is 36.1 Å². The molecule has 0 radical (unpaired) electrons.